The van der Waals surface area contributed by atoms with E-state index in [1.54, 1.807) is 20.3 Å². The van der Waals surface area contributed by atoms with E-state index in [2.05, 4.69) is 24.3 Å². The lowest BCUT2D eigenvalue weighted by Gasteiger charge is -2.27. The Bertz CT molecular complexity index is 1590. The second-order valence-corrected chi connectivity index (χ2v) is 13.7. The van der Waals surface area contributed by atoms with E-state index in [4.69, 9.17) is 18.6 Å². The van der Waals surface area contributed by atoms with E-state index < -0.39 is 9.04 Å². The van der Waals surface area contributed by atoms with E-state index in [1.165, 1.54) is 0 Å². The number of hydrogen-bond donors (Lipinski definition) is 1. The van der Waals surface area contributed by atoms with Gasteiger partial charge in [0.25, 0.3) is 9.04 Å². The first-order valence-corrected chi connectivity index (χ1v) is 16.0. The van der Waals surface area contributed by atoms with Crippen LogP contribution >= 0.6 is 0 Å². The standard InChI is InChI=1S/C37H38O5Si/c1-37(2,3)41-27-18-16-26(17-19-27)36(32-22-20-28(39-4)24-34(32)38)33-23-21-29(40-5)25-35(33)42-43(30-12-8-6-9-13-30)31-14-10-7-11-15-31/h6-25,36,38,43H,1-5H3. The zero-order valence-corrected chi connectivity index (χ0v) is 26.4. The Morgan fingerprint density at radius 1 is 0.605 bits per heavy atom. The van der Waals surface area contributed by atoms with Gasteiger partial charge in [-0.15, -0.1) is 0 Å². The molecule has 0 aliphatic heterocycles. The highest BCUT2D eigenvalue weighted by atomic mass is 28.3. The number of aromatic hydroxyl groups is 1. The molecule has 6 heteroatoms. The Hall–Kier alpha value is -4.68. The molecule has 0 spiro atoms. The molecule has 0 radical (unpaired) electrons. The zero-order valence-electron chi connectivity index (χ0n) is 25.3. The molecule has 0 saturated carbocycles. The third kappa shape index (κ3) is 7.22. The summed E-state index contributed by atoms with van der Waals surface area (Å²) in [6.45, 7) is 6.08. The number of methoxy groups -OCH3 is 2. The first kappa shape index (κ1) is 29.8. The maximum Gasteiger partial charge on any atom is 0.299 e. The molecule has 0 aliphatic carbocycles. The van der Waals surface area contributed by atoms with E-state index in [1.807, 2.05) is 112 Å². The van der Waals surface area contributed by atoms with E-state index in [9.17, 15) is 5.11 Å². The van der Waals surface area contributed by atoms with Gasteiger partial charge in [-0.05, 0) is 61.0 Å². The molecule has 0 fully saturated rings. The summed E-state index contributed by atoms with van der Waals surface area (Å²) in [5.41, 5.74) is 2.31. The van der Waals surface area contributed by atoms with Crippen molar-refractivity contribution >= 4 is 19.4 Å². The van der Waals surface area contributed by atoms with Crippen molar-refractivity contribution in [1.29, 1.82) is 0 Å². The normalized spacial score (nSPS) is 12.0. The summed E-state index contributed by atoms with van der Waals surface area (Å²) in [7, 11) is 1.06. The molecule has 43 heavy (non-hydrogen) atoms. The Labute approximate surface area is 256 Å². The quantitative estimate of drug-likeness (QED) is 0.145. The molecular weight excluding hydrogens is 552 g/mol. The maximum atomic E-state index is 11.3. The van der Waals surface area contributed by atoms with Crippen LogP contribution in [0.5, 0.6) is 28.7 Å². The molecule has 5 nitrogen and oxygen atoms in total. The van der Waals surface area contributed by atoms with Crippen LogP contribution in [0.1, 0.15) is 43.4 Å². The lowest BCUT2D eigenvalue weighted by Crippen LogP contribution is -2.47. The number of rotatable bonds is 10. The molecule has 1 N–H and O–H groups in total. The Morgan fingerprint density at radius 3 is 1.63 bits per heavy atom. The maximum absolute atomic E-state index is 11.3. The first-order valence-electron chi connectivity index (χ1n) is 14.4. The van der Waals surface area contributed by atoms with Gasteiger partial charge in [-0.2, -0.15) is 0 Å². The third-order valence-corrected chi connectivity index (χ3v) is 9.64. The van der Waals surface area contributed by atoms with Crippen molar-refractivity contribution in [3.05, 3.63) is 138 Å². The van der Waals surface area contributed by atoms with E-state index in [0.717, 1.165) is 32.8 Å². The molecule has 1 atom stereocenters. The average molecular weight is 591 g/mol. The van der Waals surface area contributed by atoms with Crippen LogP contribution in [-0.2, 0) is 0 Å². The van der Waals surface area contributed by atoms with Crippen molar-refractivity contribution < 1.29 is 23.7 Å². The lowest BCUT2D eigenvalue weighted by atomic mass is 9.84. The second kappa shape index (κ2) is 13.1. The molecular formula is C37H38O5Si. The predicted molar refractivity (Wildman–Crippen MR) is 175 cm³/mol. The van der Waals surface area contributed by atoms with Crippen LogP contribution < -0.4 is 29.0 Å². The van der Waals surface area contributed by atoms with Crippen LogP contribution in [0.4, 0.5) is 0 Å². The molecule has 5 rings (SSSR count). The molecule has 220 valence electrons. The number of phenolic OH excluding ortho intramolecular Hbond substituents is 1. The smallest absolute Gasteiger partial charge is 0.299 e. The van der Waals surface area contributed by atoms with Gasteiger partial charge in [-0.25, -0.2) is 0 Å². The van der Waals surface area contributed by atoms with Crippen molar-refractivity contribution in [2.45, 2.75) is 32.3 Å². The van der Waals surface area contributed by atoms with E-state index in [-0.39, 0.29) is 17.3 Å². The topological polar surface area (TPSA) is 57.2 Å². The Kier molecular flexibility index (Phi) is 9.07. The minimum atomic E-state index is -2.18. The number of ether oxygens (including phenoxy) is 3. The van der Waals surface area contributed by atoms with Gasteiger partial charge in [-0.1, -0.05) is 84.9 Å². The van der Waals surface area contributed by atoms with Gasteiger partial charge in [0, 0.05) is 29.2 Å². The van der Waals surface area contributed by atoms with Gasteiger partial charge in [-0.3, -0.25) is 0 Å². The van der Waals surface area contributed by atoms with E-state index in [0.29, 0.717) is 17.2 Å². The fourth-order valence-corrected chi connectivity index (χ4v) is 7.46. The minimum absolute atomic E-state index is 0.140. The van der Waals surface area contributed by atoms with Gasteiger partial charge in [0.15, 0.2) is 0 Å². The summed E-state index contributed by atoms with van der Waals surface area (Å²) in [5, 5.41) is 13.6. The van der Waals surface area contributed by atoms with Crippen LogP contribution in [0.25, 0.3) is 0 Å². The highest BCUT2D eigenvalue weighted by Gasteiger charge is 2.28. The summed E-state index contributed by atoms with van der Waals surface area (Å²) in [4.78, 5) is 0. The number of benzene rings is 5. The van der Waals surface area contributed by atoms with Gasteiger partial charge in [0.1, 0.15) is 34.3 Å². The molecule has 0 aliphatic rings. The molecule has 0 saturated heterocycles. The van der Waals surface area contributed by atoms with Crippen LogP contribution in [0.2, 0.25) is 0 Å². The Morgan fingerprint density at radius 2 is 1.12 bits per heavy atom. The summed E-state index contributed by atoms with van der Waals surface area (Å²) in [6.07, 6.45) is 0. The van der Waals surface area contributed by atoms with Crippen molar-refractivity contribution in [1.82, 2.24) is 0 Å². The van der Waals surface area contributed by atoms with Crippen molar-refractivity contribution in [2.24, 2.45) is 0 Å². The lowest BCUT2D eigenvalue weighted by molar-refractivity contribution is 0.131. The third-order valence-electron chi connectivity index (χ3n) is 7.17. The van der Waals surface area contributed by atoms with Crippen molar-refractivity contribution in [3.8, 4) is 28.7 Å². The molecule has 0 aromatic heterocycles. The fraction of sp³-hybridized carbons (Fsp3) is 0.189. The average Bonchev–Trinajstić information content (AvgIpc) is 3.02. The first-order chi connectivity index (χ1) is 20.8. The summed E-state index contributed by atoms with van der Waals surface area (Å²) in [5.74, 6) is 2.55. The van der Waals surface area contributed by atoms with Gasteiger partial charge in [0.05, 0.1) is 14.2 Å². The van der Waals surface area contributed by atoms with E-state index >= 15 is 0 Å². The van der Waals surface area contributed by atoms with Gasteiger partial charge >= 0.3 is 0 Å². The summed E-state index contributed by atoms with van der Waals surface area (Å²) >= 11 is 0. The summed E-state index contributed by atoms with van der Waals surface area (Å²) < 4.78 is 24.3. The largest absolute Gasteiger partial charge is 0.537 e. The van der Waals surface area contributed by atoms with Gasteiger partial charge < -0.3 is 23.7 Å². The van der Waals surface area contributed by atoms with Crippen LogP contribution in [0.3, 0.4) is 0 Å². The highest BCUT2D eigenvalue weighted by molar-refractivity contribution is 6.80. The molecule has 1 unspecified atom stereocenters. The van der Waals surface area contributed by atoms with Gasteiger partial charge in [0.2, 0.25) is 0 Å². The molecule has 0 amide bonds. The molecule has 5 aromatic carbocycles. The minimum Gasteiger partial charge on any atom is -0.537 e. The molecule has 0 bridgehead atoms. The summed E-state index contributed by atoms with van der Waals surface area (Å²) in [6, 6.07) is 40.2. The molecule has 5 aromatic rings. The monoisotopic (exact) mass is 590 g/mol. The highest BCUT2D eigenvalue weighted by Crippen LogP contribution is 2.43. The fourth-order valence-electron chi connectivity index (χ4n) is 5.20. The SMILES string of the molecule is COc1ccc(C(c2ccc(OC(C)(C)C)cc2)c2ccc(OC)cc2O[SiH](c2ccccc2)c2ccccc2)c(O)c1. The molecule has 0 heterocycles. The number of phenols is 1. The van der Waals surface area contributed by atoms with Crippen LogP contribution in [-0.4, -0.2) is 34.0 Å². The van der Waals surface area contributed by atoms with Crippen LogP contribution in [0.15, 0.2) is 121 Å². The van der Waals surface area contributed by atoms with Crippen molar-refractivity contribution in [3.63, 3.8) is 0 Å². The van der Waals surface area contributed by atoms with Crippen molar-refractivity contribution in [2.75, 3.05) is 14.2 Å². The zero-order chi connectivity index (χ0) is 30.4. The van der Waals surface area contributed by atoms with Crippen LogP contribution in [0, 0.1) is 0 Å². The number of hydrogen-bond acceptors (Lipinski definition) is 5. The Balaban J connectivity index is 1.67. The second-order valence-electron chi connectivity index (χ2n) is 11.4. The predicted octanol–water partition coefficient (Wildman–Crippen LogP) is 6.68.